The number of piperidine rings is 1. The standard InChI is InChI=1S/C21H28N4O.HI/c1-2-13-22-21(23-14-12-20-11-7-16-26-20)24-18-8-6-15-25(17-18)19-9-4-3-5-10-19;/h2-5,7,9-11,16,18H,1,6,8,12-15,17H2,(H2,22,23,24);1H. The zero-order chi connectivity index (χ0) is 18.0. The minimum absolute atomic E-state index is 0. The summed E-state index contributed by atoms with van der Waals surface area (Å²) >= 11 is 0. The van der Waals surface area contributed by atoms with E-state index < -0.39 is 0 Å². The van der Waals surface area contributed by atoms with Crippen molar-refractivity contribution in [3.63, 3.8) is 0 Å². The van der Waals surface area contributed by atoms with Crippen LogP contribution in [0.3, 0.4) is 0 Å². The van der Waals surface area contributed by atoms with Crippen LogP contribution in [0.5, 0.6) is 0 Å². The van der Waals surface area contributed by atoms with Crippen molar-refractivity contribution in [3.8, 4) is 0 Å². The van der Waals surface area contributed by atoms with Gasteiger partial charge in [-0.3, -0.25) is 4.99 Å². The third kappa shape index (κ3) is 6.93. The molecule has 0 aliphatic carbocycles. The molecule has 0 amide bonds. The second kappa shape index (κ2) is 11.7. The summed E-state index contributed by atoms with van der Waals surface area (Å²) in [5.74, 6) is 1.81. The average molecular weight is 480 g/mol. The first kappa shape index (κ1) is 21.3. The molecule has 1 aromatic carbocycles. The highest BCUT2D eigenvalue weighted by Crippen LogP contribution is 2.19. The maximum atomic E-state index is 5.38. The summed E-state index contributed by atoms with van der Waals surface area (Å²) < 4.78 is 5.38. The first-order valence-corrected chi connectivity index (χ1v) is 9.33. The molecule has 5 nitrogen and oxygen atoms in total. The Labute approximate surface area is 179 Å². The minimum atomic E-state index is 0. The van der Waals surface area contributed by atoms with E-state index in [2.05, 4.69) is 52.4 Å². The fourth-order valence-corrected chi connectivity index (χ4v) is 3.22. The number of hydrogen-bond acceptors (Lipinski definition) is 3. The molecule has 1 aliphatic heterocycles. The Bertz CT molecular complexity index is 687. The zero-order valence-corrected chi connectivity index (χ0v) is 18.0. The number of furan rings is 1. The molecule has 1 aliphatic rings. The molecule has 1 aromatic heterocycles. The molecular weight excluding hydrogens is 451 g/mol. The van der Waals surface area contributed by atoms with Crippen molar-refractivity contribution in [2.45, 2.75) is 25.3 Å². The zero-order valence-electron chi connectivity index (χ0n) is 15.6. The number of benzene rings is 1. The summed E-state index contributed by atoms with van der Waals surface area (Å²) in [6.07, 6.45) is 6.67. The van der Waals surface area contributed by atoms with Crippen molar-refractivity contribution in [1.82, 2.24) is 10.6 Å². The lowest BCUT2D eigenvalue weighted by molar-refractivity contribution is 0.468. The first-order valence-electron chi connectivity index (χ1n) is 9.33. The van der Waals surface area contributed by atoms with Crippen LogP contribution >= 0.6 is 24.0 Å². The number of nitrogens with one attached hydrogen (secondary N) is 2. The van der Waals surface area contributed by atoms with Gasteiger partial charge in [0.2, 0.25) is 0 Å². The highest BCUT2D eigenvalue weighted by Gasteiger charge is 2.20. The molecule has 27 heavy (non-hydrogen) atoms. The maximum Gasteiger partial charge on any atom is 0.191 e. The van der Waals surface area contributed by atoms with E-state index in [0.717, 1.165) is 37.7 Å². The summed E-state index contributed by atoms with van der Waals surface area (Å²) in [5.41, 5.74) is 1.29. The second-order valence-electron chi connectivity index (χ2n) is 6.49. The van der Waals surface area contributed by atoms with Crippen molar-refractivity contribution in [2.75, 3.05) is 31.1 Å². The highest BCUT2D eigenvalue weighted by molar-refractivity contribution is 14.0. The number of nitrogens with zero attached hydrogens (tertiary/aromatic N) is 2. The van der Waals surface area contributed by atoms with Gasteiger partial charge in [-0.15, -0.1) is 30.6 Å². The van der Waals surface area contributed by atoms with Crippen molar-refractivity contribution in [3.05, 3.63) is 67.1 Å². The third-order valence-corrected chi connectivity index (χ3v) is 4.51. The Morgan fingerprint density at radius 1 is 1.26 bits per heavy atom. The summed E-state index contributed by atoms with van der Waals surface area (Å²) in [5, 5.41) is 6.91. The van der Waals surface area contributed by atoms with Crippen molar-refractivity contribution < 1.29 is 4.42 Å². The largest absolute Gasteiger partial charge is 0.469 e. The van der Waals surface area contributed by atoms with Gasteiger partial charge in [-0.25, -0.2) is 0 Å². The van der Waals surface area contributed by atoms with Gasteiger partial charge in [0, 0.05) is 44.3 Å². The summed E-state index contributed by atoms with van der Waals surface area (Å²) in [6, 6.07) is 14.9. The second-order valence-corrected chi connectivity index (χ2v) is 6.49. The Balaban J connectivity index is 0.00000261. The number of rotatable bonds is 7. The predicted octanol–water partition coefficient (Wildman–Crippen LogP) is 3.83. The van der Waals surface area contributed by atoms with E-state index in [0.29, 0.717) is 19.1 Å². The Morgan fingerprint density at radius 2 is 2.11 bits per heavy atom. The molecule has 1 unspecified atom stereocenters. The van der Waals surface area contributed by atoms with Crippen LogP contribution in [0.15, 0.2) is 70.8 Å². The summed E-state index contributed by atoms with van der Waals surface area (Å²) in [4.78, 5) is 7.14. The lowest BCUT2D eigenvalue weighted by atomic mass is 10.1. The number of para-hydroxylation sites is 1. The van der Waals surface area contributed by atoms with Gasteiger partial charge in [0.25, 0.3) is 0 Å². The van der Waals surface area contributed by atoms with Gasteiger partial charge in [0.15, 0.2) is 5.96 Å². The van der Waals surface area contributed by atoms with E-state index in [1.165, 1.54) is 12.1 Å². The number of hydrogen-bond donors (Lipinski definition) is 2. The van der Waals surface area contributed by atoms with Crippen LogP contribution in [-0.2, 0) is 6.42 Å². The lowest BCUT2D eigenvalue weighted by Gasteiger charge is -2.35. The van der Waals surface area contributed by atoms with Crippen molar-refractivity contribution in [2.24, 2.45) is 4.99 Å². The smallest absolute Gasteiger partial charge is 0.191 e. The fourth-order valence-electron chi connectivity index (χ4n) is 3.22. The number of anilines is 1. The van der Waals surface area contributed by atoms with Gasteiger partial charge >= 0.3 is 0 Å². The molecule has 3 rings (SSSR count). The van der Waals surface area contributed by atoms with Crippen molar-refractivity contribution >= 4 is 35.6 Å². The van der Waals surface area contributed by atoms with E-state index in [1.54, 1.807) is 6.26 Å². The lowest BCUT2D eigenvalue weighted by Crippen LogP contribution is -2.51. The monoisotopic (exact) mass is 480 g/mol. The van der Waals surface area contributed by atoms with Crippen LogP contribution < -0.4 is 15.5 Å². The van der Waals surface area contributed by atoms with Gasteiger partial charge in [0.05, 0.1) is 6.26 Å². The summed E-state index contributed by atoms with van der Waals surface area (Å²) in [7, 11) is 0. The Morgan fingerprint density at radius 3 is 2.85 bits per heavy atom. The Kier molecular flexibility index (Phi) is 9.24. The molecule has 0 radical (unpaired) electrons. The van der Waals surface area contributed by atoms with Gasteiger partial charge < -0.3 is 20.0 Å². The normalized spacial score (nSPS) is 17.1. The number of aliphatic imine (C=N–C) groups is 1. The highest BCUT2D eigenvalue weighted by atomic mass is 127. The topological polar surface area (TPSA) is 52.8 Å². The minimum Gasteiger partial charge on any atom is -0.469 e. The van der Waals surface area contributed by atoms with E-state index in [-0.39, 0.29) is 24.0 Å². The Hall–Kier alpha value is -1.96. The first-order chi connectivity index (χ1) is 12.8. The van der Waals surface area contributed by atoms with Crippen LogP contribution in [0.4, 0.5) is 5.69 Å². The quantitative estimate of drug-likeness (QED) is 0.274. The van der Waals surface area contributed by atoms with Crippen LogP contribution in [0.2, 0.25) is 0 Å². The van der Waals surface area contributed by atoms with Crippen molar-refractivity contribution in [1.29, 1.82) is 0 Å². The molecule has 2 aromatic rings. The van der Waals surface area contributed by atoms with Gasteiger partial charge in [-0.05, 0) is 37.1 Å². The number of guanidine groups is 1. The van der Waals surface area contributed by atoms with E-state index in [1.807, 2.05) is 18.2 Å². The predicted molar refractivity (Wildman–Crippen MR) is 123 cm³/mol. The molecule has 2 N–H and O–H groups in total. The van der Waals surface area contributed by atoms with Gasteiger partial charge in [-0.2, -0.15) is 0 Å². The molecular formula is C21H29IN4O. The van der Waals surface area contributed by atoms with E-state index in [9.17, 15) is 0 Å². The molecule has 2 heterocycles. The average Bonchev–Trinajstić information content (AvgIpc) is 3.20. The molecule has 0 saturated carbocycles. The third-order valence-electron chi connectivity index (χ3n) is 4.51. The fraction of sp³-hybridized carbons (Fsp3) is 0.381. The van der Waals surface area contributed by atoms with Gasteiger partial charge in [0.1, 0.15) is 5.76 Å². The van der Waals surface area contributed by atoms with Crippen LogP contribution in [-0.4, -0.2) is 38.2 Å². The molecule has 0 bridgehead atoms. The maximum absolute atomic E-state index is 5.38. The molecule has 6 heteroatoms. The van der Waals surface area contributed by atoms with Crippen LogP contribution in [0.25, 0.3) is 0 Å². The summed E-state index contributed by atoms with van der Waals surface area (Å²) in [6.45, 7) is 7.26. The molecule has 146 valence electrons. The van der Waals surface area contributed by atoms with E-state index in [4.69, 9.17) is 9.41 Å². The van der Waals surface area contributed by atoms with Gasteiger partial charge in [-0.1, -0.05) is 24.3 Å². The number of halogens is 1. The molecule has 1 saturated heterocycles. The van der Waals surface area contributed by atoms with Crippen LogP contribution in [0, 0.1) is 0 Å². The van der Waals surface area contributed by atoms with E-state index >= 15 is 0 Å². The molecule has 1 atom stereocenters. The SMILES string of the molecule is C=CCNC(=NCCc1ccco1)NC1CCCN(c2ccccc2)C1.I. The molecule has 0 spiro atoms. The molecule has 1 fully saturated rings. The van der Waals surface area contributed by atoms with Crippen LogP contribution in [0.1, 0.15) is 18.6 Å².